The number of sulfone groups is 2. The molecule has 4 nitrogen and oxygen atoms in total. The summed E-state index contributed by atoms with van der Waals surface area (Å²) in [6.07, 6.45) is 4.73. The average molecular weight is 337 g/mol. The molecule has 0 amide bonds. The molecule has 112 valence electrons. The van der Waals surface area contributed by atoms with Crippen LogP contribution in [0.3, 0.4) is 0 Å². The maximum absolute atomic E-state index is 11.9. The van der Waals surface area contributed by atoms with E-state index in [-0.39, 0.29) is 15.2 Å². The van der Waals surface area contributed by atoms with Crippen LogP contribution in [0.25, 0.3) is 0 Å². The van der Waals surface area contributed by atoms with Gasteiger partial charge in [0, 0.05) is 17.9 Å². The molecule has 1 aliphatic rings. The zero-order valence-corrected chi connectivity index (χ0v) is 13.7. The van der Waals surface area contributed by atoms with Crippen molar-refractivity contribution in [2.75, 3.05) is 12.5 Å². The first-order valence-electron chi connectivity index (χ1n) is 6.26. The number of hydrogen-bond acceptors (Lipinski definition) is 4. The predicted molar refractivity (Wildman–Crippen MR) is 78.7 cm³/mol. The van der Waals surface area contributed by atoms with Gasteiger partial charge in [0.25, 0.3) is 0 Å². The minimum absolute atomic E-state index is 0.0132. The quantitative estimate of drug-likeness (QED) is 0.772. The van der Waals surface area contributed by atoms with Gasteiger partial charge in [0.05, 0.1) is 9.79 Å². The van der Waals surface area contributed by atoms with E-state index < -0.39 is 19.7 Å². The minimum atomic E-state index is -3.49. The zero-order chi connectivity index (χ0) is 15.1. The Labute approximate surface area is 125 Å². The number of alkyl halides is 1. The molecule has 1 fully saturated rings. The molecular formula is C13H17ClO4S2. The second-order valence-electron chi connectivity index (χ2n) is 5.37. The maximum Gasteiger partial charge on any atom is 0.175 e. The third-order valence-electron chi connectivity index (χ3n) is 3.41. The van der Waals surface area contributed by atoms with Gasteiger partial charge in [-0.05, 0) is 42.9 Å². The fraction of sp³-hybridized carbons (Fsp3) is 0.538. The van der Waals surface area contributed by atoms with Crippen LogP contribution in [0.5, 0.6) is 0 Å². The van der Waals surface area contributed by atoms with Crippen molar-refractivity contribution < 1.29 is 16.8 Å². The van der Waals surface area contributed by atoms with E-state index in [1.54, 1.807) is 6.07 Å². The van der Waals surface area contributed by atoms with Crippen molar-refractivity contribution in [2.24, 2.45) is 5.92 Å². The molecule has 1 aromatic rings. The summed E-state index contributed by atoms with van der Waals surface area (Å²) < 4.78 is 46.8. The molecule has 20 heavy (non-hydrogen) atoms. The highest BCUT2D eigenvalue weighted by Crippen LogP contribution is 2.38. The first-order chi connectivity index (χ1) is 9.09. The molecule has 0 aromatic heterocycles. The van der Waals surface area contributed by atoms with Crippen LogP contribution < -0.4 is 0 Å². The van der Waals surface area contributed by atoms with Gasteiger partial charge in [-0.1, -0.05) is 6.07 Å². The van der Waals surface area contributed by atoms with Gasteiger partial charge in [-0.15, -0.1) is 11.6 Å². The Bertz CT molecular complexity index is 719. The number of benzene rings is 1. The van der Waals surface area contributed by atoms with Crippen molar-refractivity contribution in [3.05, 3.63) is 23.8 Å². The molecule has 0 spiro atoms. The van der Waals surface area contributed by atoms with Gasteiger partial charge in [0.2, 0.25) is 0 Å². The largest absolute Gasteiger partial charge is 0.224 e. The molecule has 0 radical (unpaired) electrons. The lowest BCUT2D eigenvalue weighted by molar-refractivity contribution is 0.598. The highest BCUT2D eigenvalue weighted by Gasteiger charge is 2.31. The Kier molecular flexibility index (Phi) is 4.19. The Morgan fingerprint density at radius 2 is 1.75 bits per heavy atom. The Hall–Kier alpha value is -0.590. The van der Waals surface area contributed by atoms with E-state index in [0.717, 1.165) is 25.4 Å². The molecule has 1 atom stereocenters. The van der Waals surface area contributed by atoms with Crippen molar-refractivity contribution in [3.63, 3.8) is 0 Å². The summed E-state index contributed by atoms with van der Waals surface area (Å²) in [5.74, 6) is 0.443. The van der Waals surface area contributed by atoms with Crippen molar-refractivity contribution in [1.29, 1.82) is 0 Å². The second kappa shape index (κ2) is 5.31. The third kappa shape index (κ3) is 3.74. The molecule has 0 bridgehead atoms. The van der Waals surface area contributed by atoms with Crippen molar-refractivity contribution in [1.82, 2.24) is 0 Å². The summed E-state index contributed by atoms with van der Waals surface area (Å²) in [6, 6.07) is 4.23. The van der Waals surface area contributed by atoms with Crippen LogP contribution in [0.1, 0.15) is 18.4 Å². The summed E-state index contributed by atoms with van der Waals surface area (Å²) in [4.78, 5) is 0.0749. The topological polar surface area (TPSA) is 68.3 Å². The van der Waals surface area contributed by atoms with Crippen molar-refractivity contribution in [2.45, 2.75) is 34.4 Å². The van der Waals surface area contributed by atoms with Crippen LogP contribution >= 0.6 is 11.6 Å². The second-order valence-corrected chi connectivity index (χ2v) is 9.93. The Morgan fingerprint density at radius 1 is 1.15 bits per heavy atom. The van der Waals surface area contributed by atoms with Gasteiger partial charge < -0.3 is 0 Å². The highest BCUT2D eigenvalue weighted by molar-refractivity contribution is 7.91. The van der Waals surface area contributed by atoms with Crippen molar-refractivity contribution in [3.8, 4) is 0 Å². The fourth-order valence-electron chi connectivity index (χ4n) is 2.11. The molecule has 2 rings (SSSR count). The molecule has 0 saturated heterocycles. The average Bonchev–Trinajstić information content (AvgIpc) is 3.09. The minimum Gasteiger partial charge on any atom is -0.224 e. The van der Waals surface area contributed by atoms with E-state index in [1.165, 1.54) is 12.1 Å². The Morgan fingerprint density at radius 3 is 2.20 bits per heavy atom. The van der Waals surface area contributed by atoms with Gasteiger partial charge in [0.1, 0.15) is 0 Å². The normalized spacial score (nSPS) is 17.9. The third-order valence-corrected chi connectivity index (χ3v) is 6.21. The monoisotopic (exact) mass is 336 g/mol. The number of halogens is 1. The predicted octanol–water partition coefficient (Wildman–Crippen LogP) is 2.05. The molecule has 0 N–H and O–H groups in total. The number of rotatable bonds is 5. The molecule has 0 heterocycles. The standard InChI is InChI=1S/C13H17ClO4S2/c1-19(15,16)11-6-5-10(7-12(14)9-3-4-9)13(8-11)20(2,17)18/h5-6,8-9,12H,3-4,7H2,1-2H3. The van der Waals surface area contributed by atoms with Crippen LogP contribution in [0.2, 0.25) is 0 Å². The zero-order valence-electron chi connectivity index (χ0n) is 11.3. The summed E-state index contributed by atoms with van der Waals surface area (Å²) in [7, 11) is -6.92. The van der Waals surface area contributed by atoms with Crippen LogP contribution in [0.4, 0.5) is 0 Å². The SMILES string of the molecule is CS(=O)(=O)c1ccc(CC(Cl)C2CC2)c(S(C)(=O)=O)c1. The molecule has 1 unspecified atom stereocenters. The van der Waals surface area contributed by atoms with Gasteiger partial charge in [-0.2, -0.15) is 0 Å². The molecule has 1 aliphatic carbocycles. The van der Waals surface area contributed by atoms with E-state index in [0.29, 0.717) is 17.9 Å². The maximum atomic E-state index is 11.9. The number of hydrogen-bond donors (Lipinski definition) is 0. The van der Waals surface area contributed by atoms with Crippen molar-refractivity contribution >= 4 is 31.3 Å². The summed E-state index contributed by atoms with van der Waals surface area (Å²) in [5, 5.41) is -0.0976. The molecular weight excluding hydrogens is 320 g/mol. The lowest BCUT2D eigenvalue weighted by Crippen LogP contribution is -2.11. The van der Waals surface area contributed by atoms with E-state index in [2.05, 4.69) is 0 Å². The van der Waals surface area contributed by atoms with Crippen LogP contribution in [-0.2, 0) is 26.1 Å². The van der Waals surface area contributed by atoms with E-state index >= 15 is 0 Å². The summed E-state index contributed by atoms with van der Waals surface area (Å²) in [5.41, 5.74) is 0.590. The van der Waals surface area contributed by atoms with E-state index in [1.807, 2.05) is 0 Å². The van der Waals surface area contributed by atoms with Crippen LogP contribution in [0, 0.1) is 5.92 Å². The summed E-state index contributed by atoms with van der Waals surface area (Å²) in [6.45, 7) is 0. The van der Waals surface area contributed by atoms with E-state index in [4.69, 9.17) is 11.6 Å². The van der Waals surface area contributed by atoms with E-state index in [9.17, 15) is 16.8 Å². The van der Waals surface area contributed by atoms with Gasteiger partial charge in [-0.25, -0.2) is 16.8 Å². The highest BCUT2D eigenvalue weighted by atomic mass is 35.5. The summed E-state index contributed by atoms with van der Waals surface area (Å²) >= 11 is 6.25. The lowest BCUT2D eigenvalue weighted by atomic mass is 10.1. The Balaban J connectivity index is 2.46. The molecule has 1 saturated carbocycles. The molecule has 7 heteroatoms. The first-order valence-corrected chi connectivity index (χ1v) is 10.5. The van der Waals surface area contributed by atoms with Crippen LogP contribution in [0.15, 0.2) is 28.0 Å². The van der Waals surface area contributed by atoms with Gasteiger partial charge >= 0.3 is 0 Å². The first kappa shape index (κ1) is 15.8. The smallest absolute Gasteiger partial charge is 0.175 e. The van der Waals surface area contributed by atoms with Crippen LogP contribution in [-0.4, -0.2) is 34.7 Å². The molecule has 1 aromatic carbocycles. The van der Waals surface area contributed by atoms with Gasteiger partial charge in [-0.3, -0.25) is 0 Å². The van der Waals surface area contributed by atoms with Gasteiger partial charge in [0.15, 0.2) is 19.7 Å². The lowest BCUT2D eigenvalue weighted by Gasteiger charge is -2.13. The molecule has 0 aliphatic heterocycles. The fourth-order valence-corrected chi connectivity index (χ4v) is 4.22.